The third-order valence-corrected chi connectivity index (χ3v) is 3.41. The number of fused-ring (bicyclic) bond motifs is 1. The van der Waals surface area contributed by atoms with Gasteiger partial charge in [-0.25, -0.2) is 0 Å². The fourth-order valence-electron chi connectivity index (χ4n) is 2.46. The summed E-state index contributed by atoms with van der Waals surface area (Å²) in [7, 11) is 0. The Morgan fingerprint density at radius 1 is 1.26 bits per heavy atom. The lowest BCUT2D eigenvalue weighted by Gasteiger charge is -2.23. The molecule has 0 saturated carbocycles. The highest BCUT2D eigenvalue weighted by molar-refractivity contribution is 14.0. The van der Waals surface area contributed by atoms with Gasteiger partial charge in [-0.2, -0.15) is 0 Å². The van der Waals surface area contributed by atoms with Crippen molar-refractivity contribution in [1.29, 1.82) is 0 Å². The number of aryl methyl sites for hydroxylation is 1. The molecular formula is C18H29IN4. The van der Waals surface area contributed by atoms with Crippen LogP contribution in [0.3, 0.4) is 0 Å². The van der Waals surface area contributed by atoms with Crippen molar-refractivity contribution in [2.24, 2.45) is 4.99 Å². The van der Waals surface area contributed by atoms with Gasteiger partial charge in [-0.15, -0.1) is 24.0 Å². The molecule has 5 heteroatoms. The van der Waals surface area contributed by atoms with E-state index in [1.807, 2.05) is 0 Å². The van der Waals surface area contributed by atoms with Gasteiger partial charge in [0.2, 0.25) is 0 Å². The van der Waals surface area contributed by atoms with Crippen molar-refractivity contribution in [1.82, 2.24) is 15.6 Å². The number of aromatic nitrogens is 1. The Balaban J connectivity index is 0.00000264. The Hall–Kier alpha value is -1.24. The minimum atomic E-state index is 0. The van der Waals surface area contributed by atoms with Crippen LogP contribution in [-0.2, 0) is 6.42 Å². The summed E-state index contributed by atoms with van der Waals surface area (Å²) in [5.41, 5.74) is 3.83. The summed E-state index contributed by atoms with van der Waals surface area (Å²) in [6.45, 7) is 12.3. The van der Waals surface area contributed by atoms with E-state index in [0.717, 1.165) is 25.5 Å². The van der Waals surface area contributed by atoms with Gasteiger partial charge in [0.1, 0.15) is 0 Å². The molecule has 0 aliphatic heterocycles. The predicted molar refractivity (Wildman–Crippen MR) is 111 cm³/mol. The number of aliphatic imine (C=N–C) groups is 1. The number of hydrogen-bond donors (Lipinski definition) is 3. The molecule has 0 bridgehead atoms. The average molecular weight is 428 g/mol. The summed E-state index contributed by atoms with van der Waals surface area (Å²) >= 11 is 0. The first kappa shape index (κ1) is 19.8. The van der Waals surface area contributed by atoms with E-state index in [1.54, 1.807) is 0 Å². The van der Waals surface area contributed by atoms with Gasteiger partial charge in [-0.3, -0.25) is 4.99 Å². The molecule has 0 amide bonds. The van der Waals surface area contributed by atoms with E-state index >= 15 is 0 Å². The Kier molecular flexibility index (Phi) is 7.38. The second-order valence-corrected chi connectivity index (χ2v) is 6.75. The predicted octanol–water partition coefficient (Wildman–Crippen LogP) is 3.99. The van der Waals surface area contributed by atoms with Crippen LogP contribution in [0.25, 0.3) is 10.9 Å². The molecule has 2 rings (SSSR count). The van der Waals surface area contributed by atoms with Crippen LogP contribution in [0.2, 0.25) is 0 Å². The molecule has 0 atom stereocenters. The van der Waals surface area contributed by atoms with E-state index in [4.69, 9.17) is 0 Å². The van der Waals surface area contributed by atoms with E-state index in [1.165, 1.54) is 22.0 Å². The van der Waals surface area contributed by atoms with E-state index in [2.05, 4.69) is 79.6 Å². The minimum absolute atomic E-state index is 0. The van der Waals surface area contributed by atoms with Crippen molar-refractivity contribution in [3.05, 3.63) is 35.5 Å². The van der Waals surface area contributed by atoms with Crippen LogP contribution >= 0.6 is 24.0 Å². The van der Waals surface area contributed by atoms with E-state index in [0.29, 0.717) is 0 Å². The number of H-pyrrole nitrogens is 1. The summed E-state index contributed by atoms with van der Waals surface area (Å²) < 4.78 is 0. The third-order valence-electron chi connectivity index (χ3n) is 3.41. The summed E-state index contributed by atoms with van der Waals surface area (Å²) in [5, 5.41) is 8.01. The van der Waals surface area contributed by atoms with E-state index in [9.17, 15) is 0 Å². The number of guanidine groups is 1. The number of rotatable bonds is 4. The highest BCUT2D eigenvalue weighted by Crippen LogP contribution is 2.19. The maximum absolute atomic E-state index is 4.68. The Morgan fingerprint density at radius 3 is 2.65 bits per heavy atom. The quantitative estimate of drug-likeness (QED) is 0.392. The number of halogens is 1. The fraction of sp³-hybridized carbons (Fsp3) is 0.500. The molecule has 1 aromatic heterocycles. The molecular weight excluding hydrogens is 399 g/mol. The molecule has 2 aromatic rings. The number of hydrogen-bond acceptors (Lipinski definition) is 1. The van der Waals surface area contributed by atoms with Crippen LogP contribution < -0.4 is 10.6 Å². The molecule has 1 heterocycles. The van der Waals surface area contributed by atoms with Crippen molar-refractivity contribution >= 4 is 40.8 Å². The summed E-state index contributed by atoms with van der Waals surface area (Å²) in [4.78, 5) is 8.03. The third kappa shape index (κ3) is 6.05. The second kappa shape index (κ2) is 8.57. The van der Waals surface area contributed by atoms with Gasteiger partial charge >= 0.3 is 0 Å². The Labute approximate surface area is 156 Å². The molecule has 4 nitrogen and oxygen atoms in total. The first-order valence-electron chi connectivity index (χ1n) is 8.02. The number of aromatic amines is 1. The fourth-order valence-corrected chi connectivity index (χ4v) is 2.46. The van der Waals surface area contributed by atoms with Crippen LogP contribution in [0.5, 0.6) is 0 Å². The SMILES string of the molecule is CCNC(=NCCc1c[nH]c2cc(C)ccc12)NC(C)(C)C.I. The molecule has 0 aliphatic rings. The highest BCUT2D eigenvalue weighted by atomic mass is 127. The molecule has 128 valence electrons. The van der Waals surface area contributed by atoms with Gasteiger partial charge in [0, 0.05) is 35.7 Å². The maximum Gasteiger partial charge on any atom is 0.191 e. The zero-order valence-electron chi connectivity index (χ0n) is 14.8. The van der Waals surface area contributed by atoms with Gasteiger partial charge < -0.3 is 15.6 Å². The molecule has 0 radical (unpaired) electrons. The second-order valence-electron chi connectivity index (χ2n) is 6.75. The molecule has 0 fully saturated rings. The van der Waals surface area contributed by atoms with Gasteiger partial charge in [0.15, 0.2) is 5.96 Å². The standard InChI is InChI=1S/C18H28N4.HI/c1-6-19-17(22-18(3,4)5)20-10-9-14-12-21-16-11-13(2)7-8-15(14)16;/h7-8,11-12,21H,6,9-10H2,1-5H3,(H2,19,20,22);1H. The van der Waals surface area contributed by atoms with Crippen molar-refractivity contribution in [2.75, 3.05) is 13.1 Å². The van der Waals surface area contributed by atoms with Crippen molar-refractivity contribution in [3.8, 4) is 0 Å². The number of nitrogens with zero attached hydrogens (tertiary/aromatic N) is 1. The lowest BCUT2D eigenvalue weighted by molar-refractivity contribution is 0.501. The van der Waals surface area contributed by atoms with Crippen LogP contribution in [0.1, 0.15) is 38.8 Å². The van der Waals surface area contributed by atoms with Crippen LogP contribution in [0, 0.1) is 6.92 Å². The maximum atomic E-state index is 4.68. The van der Waals surface area contributed by atoms with Crippen LogP contribution in [0.15, 0.2) is 29.4 Å². The highest BCUT2D eigenvalue weighted by Gasteiger charge is 2.11. The van der Waals surface area contributed by atoms with Gasteiger partial charge in [-0.05, 0) is 58.2 Å². The zero-order valence-corrected chi connectivity index (χ0v) is 17.1. The smallest absolute Gasteiger partial charge is 0.191 e. The normalized spacial score (nSPS) is 12.1. The first-order valence-corrected chi connectivity index (χ1v) is 8.02. The topological polar surface area (TPSA) is 52.2 Å². The first-order chi connectivity index (χ1) is 10.4. The summed E-state index contributed by atoms with van der Waals surface area (Å²) in [6, 6.07) is 6.54. The summed E-state index contributed by atoms with van der Waals surface area (Å²) in [5.74, 6) is 0.880. The van der Waals surface area contributed by atoms with Gasteiger partial charge in [0.25, 0.3) is 0 Å². The van der Waals surface area contributed by atoms with Gasteiger partial charge in [-0.1, -0.05) is 12.1 Å². The van der Waals surface area contributed by atoms with E-state index < -0.39 is 0 Å². The van der Waals surface area contributed by atoms with Crippen molar-refractivity contribution in [3.63, 3.8) is 0 Å². The number of benzene rings is 1. The molecule has 3 N–H and O–H groups in total. The molecule has 23 heavy (non-hydrogen) atoms. The lowest BCUT2D eigenvalue weighted by atomic mass is 10.1. The monoisotopic (exact) mass is 428 g/mol. The largest absolute Gasteiger partial charge is 0.361 e. The molecule has 0 saturated heterocycles. The number of nitrogens with one attached hydrogen (secondary N) is 3. The minimum Gasteiger partial charge on any atom is -0.361 e. The molecule has 1 aromatic carbocycles. The van der Waals surface area contributed by atoms with Crippen LogP contribution in [-0.4, -0.2) is 29.6 Å². The average Bonchev–Trinajstić information content (AvgIpc) is 2.79. The molecule has 0 spiro atoms. The van der Waals surface area contributed by atoms with Gasteiger partial charge in [0.05, 0.1) is 0 Å². The zero-order chi connectivity index (χ0) is 16.2. The van der Waals surface area contributed by atoms with E-state index in [-0.39, 0.29) is 29.5 Å². The van der Waals surface area contributed by atoms with Crippen molar-refractivity contribution in [2.45, 2.75) is 46.6 Å². The molecule has 0 unspecified atom stereocenters. The summed E-state index contributed by atoms with van der Waals surface area (Å²) in [6.07, 6.45) is 3.04. The van der Waals surface area contributed by atoms with Crippen molar-refractivity contribution < 1.29 is 0 Å². The molecule has 0 aliphatic carbocycles. The Morgan fingerprint density at radius 2 is 2.00 bits per heavy atom. The van der Waals surface area contributed by atoms with Crippen LogP contribution in [0.4, 0.5) is 0 Å². The lowest BCUT2D eigenvalue weighted by Crippen LogP contribution is -2.47. The Bertz CT molecular complexity index is 653.